The van der Waals surface area contributed by atoms with Gasteiger partial charge in [-0.15, -0.1) is 37.2 Å². The van der Waals surface area contributed by atoms with Crippen LogP contribution >= 0.6 is 37.2 Å². The van der Waals surface area contributed by atoms with Crippen LogP contribution in [0.2, 0.25) is 0 Å². The maximum absolute atomic E-state index is 12.4. The Morgan fingerprint density at radius 2 is 1.65 bits per heavy atom. The first-order valence-electron chi connectivity index (χ1n) is 8.55. The Bertz CT molecular complexity index is 557. The van der Waals surface area contributed by atoms with Crippen LogP contribution in [0.4, 0.5) is 0 Å². The van der Waals surface area contributed by atoms with Crippen LogP contribution in [0.25, 0.3) is 0 Å². The molecule has 6 nitrogen and oxygen atoms in total. The lowest BCUT2D eigenvalue weighted by Gasteiger charge is -2.36. The van der Waals surface area contributed by atoms with Gasteiger partial charge in [-0.3, -0.25) is 14.4 Å². The summed E-state index contributed by atoms with van der Waals surface area (Å²) in [6.45, 7) is 12.6. The smallest absolute Gasteiger partial charge is 0.239 e. The lowest BCUT2D eigenvalue weighted by atomic mass is 10.0. The predicted molar refractivity (Wildman–Crippen MR) is 114 cm³/mol. The third kappa shape index (κ3) is 6.89. The van der Waals surface area contributed by atoms with Gasteiger partial charge in [0.2, 0.25) is 5.91 Å². The molecule has 0 saturated carbocycles. The van der Waals surface area contributed by atoms with Crippen LogP contribution < -0.4 is 5.73 Å². The van der Waals surface area contributed by atoms with Crippen molar-refractivity contribution in [3.05, 3.63) is 17.0 Å². The molecule has 1 aliphatic heterocycles. The number of amides is 1. The van der Waals surface area contributed by atoms with E-state index in [2.05, 4.69) is 37.7 Å². The van der Waals surface area contributed by atoms with Crippen molar-refractivity contribution in [2.24, 2.45) is 18.7 Å². The first kappa shape index (κ1) is 27.7. The summed E-state index contributed by atoms with van der Waals surface area (Å²) in [4.78, 5) is 16.7. The fourth-order valence-electron chi connectivity index (χ4n) is 3.24. The quantitative estimate of drug-likeness (QED) is 0.778. The van der Waals surface area contributed by atoms with Crippen LogP contribution in [0.5, 0.6) is 0 Å². The van der Waals surface area contributed by atoms with E-state index in [1.165, 1.54) is 11.3 Å². The number of halogens is 3. The molecular formula is C17H34Cl3N5O. The summed E-state index contributed by atoms with van der Waals surface area (Å²) in [5.41, 5.74) is 9.66. The molecule has 1 fully saturated rings. The van der Waals surface area contributed by atoms with E-state index < -0.39 is 0 Å². The number of hydrogen-bond donors (Lipinski definition) is 1. The van der Waals surface area contributed by atoms with E-state index >= 15 is 0 Å². The van der Waals surface area contributed by atoms with Gasteiger partial charge in [-0.25, -0.2) is 0 Å². The molecule has 0 unspecified atom stereocenters. The minimum Gasteiger partial charge on any atom is -0.339 e. The topological polar surface area (TPSA) is 67.4 Å². The molecule has 1 aromatic heterocycles. The molecule has 0 aromatic carbocycles. The summed E-state index contributed by atoms with van der Waals surface area (Å²) in [5, 5.41) is 4.48. The Balaban J connectivity index is 0. The largest absolute Gasteiger partial charge is 0.339 e. The number of piperazine rings is 1. The molecule has 0 radical (unpaired) electrons. The molecule has 154 valence electrons. The molecule has 0 bridgehead atoms. The van der Waals surface area contributed by atoms with Gasteiger partial charge in [-0.05, 0) is 26.2 Å². The molecule has 0 aliphatic carbocycles. The molecule has 1 aromatic rings. The molecule has 1 saturated heterocycles. The van der Waals surface area contributed by atoms with Gasteiger partial charge in [0.05, 0.1) is 11.7 Å². The molecule has 26 heavy (non-hydrogen) atoms. The van der Waals surface area contributed by atoms with Crippen molar-refractivity contribution in [1.29, 1.82) is 0 Å². The maximum Gasteiger partial charge on any atom is 0.239 e. The van der Waals surface area contributed by atoms with Crippen LogP contribution in [-0.4, -0.2) is 57.7 Å². The number of rotatable bonds is 5. The molecule has 1 aliphatic rings. The van der Waals surface area contributed by atoms with Crippen LogP contribution in [0, 0.1) is 19.8 Å². The number of nitrogens with zero attached hydrogens (tertiary/aromatic N) is 4. The third-order valence-corrected chi connectivity index (χ3v) is 4.77. The molecule has 2 N–H and O–H groups in total. The van der Waals surface area contributed by atoms with Crippen LogP contribution in [0.3, 0.4) is 0 Å². The molecule has 1 atom stereocenters. The van der Waals surface area contributed by atoms with E-state index in [9.17, 15) is 4.79 Å². The van der Waals surface area contributed by atoms with Crippen molar-refractivity contribution < 1.29 is 4.79 Å². The highest BCUT2D eigenvalue weighted by molar-refractivity contribution is 5.86. The Morgan fingerprint density at radius 1 is 1.12 bits per heavy atom. The van der Waals surface area contributed by atoms with Gasteiger partial charge in [0.25, 0.3) is 0 Å². The second kappa shape index (κ2) is 12.0. The first-order chi connectivity index (χ1) is 10.8. The lowest BCUT2D eigenvalue weighted by molar-refractivity contribution is -0.134. The van der Waals surface area contributed by atoms with Crippen molar-refractivity contribution in [3.63, 3.8) is 0 Å². The molecule has 9 heteroatoms. The fraction of sp³-hybridized carbons (Fsp3) is 0.765. The van der Waals surface area contributed by atoms with Gasteiger partial charge in [0, 0.05) is 51.0 Å². The van der Waals surface area contributed by atoms with Crippen molar-refractivity contribution in [3.8, 4) is 0 Å². The van der Waals surface area contributed by atoms with Gasteiger partial charge in [-0.2, -0.15) is 5.10 Å². The summed E-state index contributed by atoms with van der Waals surface area (Å²) >= 11 is 0. The van der Waals surface area contributed by atoms with Gasteiger partial charge in [-0.1, -0.05) is 13.8 Å². The summed E-state index contributed by atoms with van der Waals surface area (Å²) in [5.74, 6) is 0.554. The van der Waals surface area contributed by atoms with Gasteiger partial charge in [0.1, 0.15) is 0 Å². The predicted octanol–water partition coefficient (Wildman–Crippen LogP) is 2.32. The van der Waals surface area contributed by atoms with Crippen LogP contribution in [-0.2, 0) is 18.4 Å². The van der Waals surface area contributed by atoms with Crippen LogP contribution in [0.1, 0.15) is 37.2 Å². The SMILES string of the molecule is Cc1nn(C)c(C)c1CN1CCN(C(=O)[C@@H](N)CC(C)C)CC1.Cl.Cl.Cl. The average Bonchev–Trinajstić information content (AvgIpc) is 2.73. The zero-order valence-electron chi connectivity index (χ0n) is 16.4. The Morgan fingerprint density at radius 3 is 2.08 bits per heavy atom. The summed E-state index contributed by atoms with van der Waals surface area (Å²) in [6, 6.07) is -0.357. The average molecular weight is 431 g/mol. The Kier molecular flexibility index (Phi) is 12.8. The Hall–Kier alpha value is -0.530. The zero-order valence-corrected chi connectivity index (χ0v) is 18.8. The van der Waals surface area contributed by atoms with E-state index in [1.807, 2.05) is 16.6 Å². The van der Waals surface area contributed by atoms with E-state index in [-0.39, 0.29) is 49.2 Å². The number of carbonyl (C=O) groups is 1. The Labute approximate surface area is 176 Å². The second-order valence-corrected chi connectivity index (χ2v) is 7.11. The third-order valence-electron chi connectivity index (χ3n) is 4.77. The highest BCUT2D eigenvalue weighted by atomic mass is 35.5. The van der Waals surface area contributed by atoms with E-state index in [0.29, 0.717) is 5.92 Å². The highest BCUT2D eigenvalue weighted by Gasteiger charge is 2.26. The van der Waals surface area contributed by atoms with Gasteiger partial charge >= 0.3 is 0 Å². The molecule has 0 spiro atoms. The van der Waals surface area contributed by atoms with E-state index in [1.54, 1.807) is 0 Å². The molecule has 2 heterocycles. The fourth-order valence-corrected chi connectivity index (χ4v) is 3.24. The summed E-state index contributed by atoms with van der Waals surface area (Å²) in [6.07, 6.45) is 0.757. The van der Waals surface area contributed by atoms with Crippen LogP contribution in [0.15, 0.2) is 0 Å². The molecule has 1 amide bonds. The number of aromatic nitrogens is 2. The summed E-state index contributed by atoms with van der Waals surface area (Å²) in [7, 11) is 1.98. The van der Waals surface area contributed by atoms with Crippen molar-refractivity contribution in [1.82, 2.24) is 19.6 Å². The van der Waals surface area contributed by atoms with Crippen molar-refractivity contribution >= 4 is 43.1 Å². The maximum atomic E-state index is 12.4. The van der Waals surface area contributed by atoms with E-state index in [4.69, 9.17) is 5.73 Å². The first-order valence-corrected chi connectivity index (χ1v) is 8.55. The number of aryl methyl sites for hydroxylation is 2. The minimum atomic E-state index is -0.357. The lowest BCUT2D eigenvalue weighted by Crippen LogP contribution is -2.53. The van der Waals surface area contributed by atoms with Gasteiger partial charge < -0.3 is 10.6 Å². The van der Waals surface area contributed by atoms with Crippen molar-refractivity contribution in [2.45, 2.75) is 46.7 Å². The minimum absolute atomic E-state index is 0. The van der Waals surface area contributed by atoms with Crippen molar-refractivity contribution in [2.75, 3.05) is 26.2 Å². The van der Waals surface area contributed by atoms with E-state index in [0.717, 1.165) is 44.8 Å². The molecule has 2 rings (SSSR count). The normalized spacial score (nSPS) is 15.7. The zero-order chi connectivity index (χ0) is 17.1. The highest BCUT2D eigenvalue weighted by Crippen LogP contribution is 2.16. The number of hydrogen-bond acceptors (Lipinski definition) is 4. The monoisotopic (exact) mass is 429 g/mol. The number of nitrogens with two attached hydrogens (primary N) is 1. The second-order valence-electron chi connectivity index (χ2n) is 7.11. The standard InChI is InChI=1S/C17H31N5O.3ClH/c1-12(2)10-16(18)17(23)22-8-6-21(7-9-22)11-15-13(3)19-20(5)14(15)4;;;/h12,16H,6-11,18H2,1-5H3;3*1H/t16-;;;/m0.../s1. The number of carbonyl (C=O) groups excluding carboxylic acids is 1. The molecular weight excluding hydrogens is 397 g/mol. The summed E-state index contributed by atoms with van der Waals surface area (Å²) < 4.78 is 1.94. The van der Waals surface area contributed by atoms with Gasteiger partial charge in [0.15, 0.2) is 0 Å².